The lowest BCUT2D eigenvalue weighted by molar-refractivity contribution is -0.135. The van der Waals surface area contributed by atoms with E-state index in [0.29, 0.717) is 13.0 Å². The zero-order valence-electron chi connectivity index (χ0n) is 12.8. The SMILES string of the molecule is C=CCNC(=O)CN1C(=O)N[C@]2(CCCc3ccccc32)C1=O. The van der Waals surface area contributed by atoms with Crippen molar-refractivity contribution < 1.29 is 14.4 Å². The van der Waals surface area contributed by atoms with Crippen LogP contribution in [-0.4, -0.2) is 35.8 Å². The van der Waals surface area contributed by atoms with Gasteiger partial charge in [-0.05, 0) is 30.4 Å². The van der Waals surface area contributed by atoms with Gasteiger partial charge in [0.2, 0.25) is 5.91 Å². The molecule has 1 aromatic rings. The summed E-state index contributed by atoms with van der Waals surface area (Å²) in [5.41, 5.74) is 0.897. The summed E-state index contributed by atoms with van der Waals surface area (Å²) < 4.78 is 0. The van der Waals surface area contributed by atoms with Gasteiger partial charge < -0.3 is 10.6 Å². The number of nitrogens with zero attached hydrogens (tertiary/aromatic N) is 1. The second-order valence-corrected chi connectivity index (χ2v) is 5.83. The predicted molar refractivity (Wildman–Crippen MR) is 84.5 cm³/mol. The van der Waals surface area contributed by atoms with Gasteiger partial charge in [-0.2, -0.15) is 0 Å². The fraction of sp³-hybridized carbons (Fsp3) is 0.353. The van der Waals surface area contributed by atoms with Crippen molar-refractivity contribution in [1.29, 1.82) is 0 Å². The van der Waals surface area contributed by atoms with E-state index >= 15 is 0 Å². The molecular formula is C17H19N3O3. The first-order chi connectivity index (χ1) is 11.1. The van der Waals surface area contributed by atoms with Crippen molar-refractivity contribution in [2.75, 3.05) is 13.1 Å². The van der Waals surface area contributed by atoms with Crippen molar-refractivity contribution in [3.63, 3.8) is 0 Å². The highest BCUT2D eigenvalue weighted by Crippen LogP contribution is 2.39. The Hall–Kier alpha value is -2.63. The van der Waals surface area contributed by atoms with Crippen molar-refractivity contribution in [3.8, 4) is 0 Å². The van der Waals surface area contributed by atoms with Crippen molar-refractivity contribution in [3.05, 3.63) is 48.0 Å². The van der Waals surface area contributed by atoms with Gasteiger partial charge in [0.15, 0.2) is 0 Å². The van der Waals surface area contributed by atoms with Crippen LogP contribution in [0.2, 0.25) is 0 Å². The van der Waals surface area contributed by atoms with E-state index in [-0.39, 0.29) is 18.4 Å². The molecule has 1 fully saturated rings. The molecule has 0 saturated carbocycles. The molecule has 1 saturated heterocycles. The number of hydrogen-bond acceptors (Lipinski definition) is 3. The van der Waals surface area contributed by atoms with Gasteiger partial charge in [-0.25, -0.2) is 4.79 Å². The maximum atomic E-state index is 12.9. The minimum atomic E-state index is -1.02. The number of carbonyl (C=O) groups is 3. The third-order valence-corrected chi connectivity index (χ3v) is 4.40. The topological polar surface area (TPSA) is 78.5 Å². The number of urea groups is 1. The molecule has 1 aliphatic carbocycles. The molecule has 1 spiro atoms. The first-order valence-electron chi connectivity index (χ1n) is 7.68. The summed E-state index contributed by atoms with van der Waals surface area (Å²) in [6.07, 6.45) is 3.81. The van der Waals surface area contributed by atoms with Gasteiger partial charge in [-0.1, -0.05) is 30.3 Å². The summed E-state index contributed by atoms with van der Waals surface area (Å²) in [5.74, 6) is -0.724. The molecule has 2 aliphatic rings. The van der Waals surface area contributed by atoms with Crippen molar-refractivity contribution in [2.45, 2.75) is 24.8 Å². The Bertz CT molecular complexity index is 685. The molecule has 120 valence electrons. The Morgan fingerprint density at radius 1 is 1.39 bits per heavy atom. The molecule has 0 radical (unpaired) electrons. The van der Waals surface area contributed by atoms with Crippen molar-refractivity contribution in [1.82, 2.24) is 15.5 Å². The first kappa shape index (κ1) is 15.3. The molecule has 0 bridgehead atoms. The zero-order chi connectivity index (χ0) is 16.4. The van der Waals surface area contributed by atoms with Crippen LogP contribution in [0.3, 0.4) is 0 Å². The normalized spacial score (nSPS) is 22.7. The molecule has 4 amide bonds. The van der Waals surface area contributed by atoms with Crippen LogP contribution in [-0.2, 0) is 21.5 Å². The molecule has 0 aromatic heterocycles. The molecular weight excluding hydrogens is 294 g/mol. The van der Waals surface area contributed by atoms with Crippen LogP contribution in [0, 0.1) is 0 Å². The molecule has 6 heteroatoms. The molecule has 1 aliphatic heterocycles. The van der Waals surface area contributed by atoms with E-state index in [2.05, 4.69) is 17.2 Å². The van der Waals surface area contributed by atoms with Crippen molar-refractivity contribution >= 4 is 17.8 Å². The van der Waals surface area contributed by atoms with Gasteiger partial charge in [0.25, 0.3) is 5.91 Å². The van der Waals surface area contributed by atoms with E-state index in [9.17, 15) is 14.4 Å². The average Bonchev–Trinajstić information content (AvgIpc) is 2.78. The number of carbonyl (C=O) groups excluding carboxylic acids is 3. The number of hydrogen-bond donors (Lipinski definition) is 2. The highest BCUT2D eigenvalue weighted by Gasteiger charge is 2.54. The maximum Gasteiger partial charge on any atom is 0.325 e. The van der Waals surface area contributed by atoms with Crippen LogP contribution in [0.5, 0.6) is 0 Å². The number of aryl methyl sites for hydroxylation is 1. The Labute approximate surface area is 134 Å². The van der Waals surface area contributed by atoms with Gasteiger partial charge in [0.1, 0.15) is 12.1 Å². The second-order valence-electron chi connectivity index (χ2n) is 5.83. The summed E-state index contributed by atoms with van der Waals surface area (Å²) >= 11 is 0. The summed E-state index contributed by atoms with van der Waals surface area (Å²) in [5, 5.41) is 5.40. The largest absolute Gasteiger partial charge is 0.351 e. The van der Waals surface area contributed by atoms with Crippen molar-refractivity contribution in [2.24, 2.45) is 0 Å². The summed E-state index contributed by atoms with van der Waals surface area (Å²) in [7, 11) is 0. The molecule has 2 N–H and O–H groups in total. The summed E-state index contributed by atoms with van der Waals surface area (Å²) in [6, 6.07) is 7.15. The van der Waals surface area contributed by atoms with Crippen LogP contribution in [0.1, 0.15) is 24.0 Å². The van der Waals surface area contributed by atoms with E-state index in [1.54, 1.807) is 6.08 Å². The number of benzene rings is 1. The van der Waals surface area contributed by atoms with Gasteiger partial charge in [0.05, 0.1) is 0 Å². The summed E-state index contributed by atoms with van der Waals surface area (Å²) in [4.78, 5) is 38.0. The fourth-order valence-corrected chi connectivity index (χ4v) is 3.34. The maximum absolute atomic E-state index is 12.9. The third kappa shape index (κ3) is 2.50. The minimum Gasteiger partial charge on any atom is -0.351 e. The predicted octanol–water partition coefficient (Wildman–Crippen LogP) is 1.07. The Morgan fingerprint density at radius 3 is 2.96 bits per heavy atom. The van der Waals surface area contributed by atoms with E-state index < -0.39 is 11.6 Å². The van der Waals surface area contributed by atoms with E-state index in [1.165, 1.54) is 0 Å². The number of amides is 4. The Balaban J connectivity index is 1.87. The van der Waals surface area contributed by atoms with Gasteiger partial charge in [-0.15, -0.1) is 6.58 Å². The lowest BCUT2D eigenvalue weighted by Crippen LogP contribution is -2.47. The van der Waals surface area contributed by atoms with E-state index in [1.807, 2.05) is 24.3 Å². The number of nitrogens with one attached hydrogen (secondary N) is 2. The minimum absolute atomic E-state index is 0.275. The van der Waals surface area contributed by atoms with Crippen LogP contribution < -0.4 is 10.6 Å². The number of fused-ring (bicyclic) bond motifs is 2. The van der Waals surface area contributed by atoms with Crippen LogP contribution in [0.25, 0.3) is 0 Å². The van der Waals surface area contributed by atoms with Gasteiger partial charge >= 0.3 is 6.03 Å². The molecule has 1 heterocycles. The second kappa shape index (κ2) is 5.87. The van der Waals surface area contributed by atoms with Crippen LogP contribution in [0.4, 0.5) is 4.79 Å². The quantitative estimate of drug-likeness (QED) is 0.645. The fourth-order valence-electron chi connectivity index (χ4n) is 3.34. The smallest absolute Gasteiger partial charge is 0.325 e. The summed E-state index contributed by atoms with van der Waals surface area (Å²) in [6.45, 7) is 3.54. The lowest BCUT2D eigenvalue weighted by Gasteiger charge is -2.33. The lowest BCUT2D eigenvalue weighted by atomic mass is 9.76. The average molecular weight is 313 g/mol. The molecule has 1 aromatic carbocycles. The first-order valence-corrected chi connectivity index (χ1v) is 7.68. The Kier molecular flexibility index (Phi) is 3.90. The highest BCUT2D eigenvalue weighted by atomic mass is 16.2. The van der Waals surface area contributed by atoms with Crippen LogP contribution >= 0.6 is 0 Å². The van der Waals surface area contributed by atoms with E-state index in [4.69, 9.17) is 0 Å². The molecule has 0 unspecified atom stereocenters. The standard InChI is InChI=1S/C17H19N3O3/c1-2-10-18-14(21)11-20-15(22)17(19-16(20)23)9-5-7-12-6-3-4-8-13(12)17/h2-4,6,8H,1,5,7,9-11H2,(H,18,21)(H,19,23)/t17-/m0/s1. The highest BCUT2D eigenvalue weighted by molar-refractivity contribution is 6.09. The molecule has 23 heavy (non-hydrogen) atoms. The van der Waals surface area contributed by atoms with Gasteiger partial charge in [-0.3, -0.25) is 14.5 Å². The van der Waals surface area contributed by atoms with Crippen LogP contribution in [0.15, 0.2) is 36.9 Å². The zero-order valence-corrected chi connectivity index (χ0v) is 12.8. The molecule has 6 nitrogen and oxygen atoms in total. The molecule has 3 rings (SSSR count). The number of imide groups is 1. The monoisotopic (exact) mass is 313 g/mol. The third-order valence-electron chi connectivity index (χ3n) is 4.40. The number of rotatable bonds is 4. The van der Waals surface area contributed by atoms with Gasteiger partial charge in [0, 0.05) is 6.54 Å². The molecule has 1 atom stereocenters. The van der Waals surface area contributed by atoms with E-state index in [0.717, 1.165) is 28.9 Å². The Morgan fingerprint density at radius 2 is 2.17 bits per heavy atom.